The van der Waals surface area contributed by atoms with Gasteiger partial charge in [0.15, 0.2) is 0 Å². The van der Waals surface area contributed by atoms with Gasteiger partial charge in [-0.1, -0.05) is 24.3 Å². The maximum Gasteiger partial charge on any atom is 0.488 e. The van der Waals surface area contributed by atoms with Gasteiger partial charge in [0.05, 0.1) is 13.2 Å². The monoisotopic (exact) mass is 278 g/mol. The van der Waals surface area contributed by atoms with Gasteiger partial charge < -0.3 is 25.0 Å². The van der Waals surface area contributed by atoms with E-state index < -0.39 is 7.12 Å². The second-order valence-electron chi connectivity index (χ2n) is 4.70. The van der Waals surface area contributed by atoms with Gasteiger partial charge in [-0.15, -0.1) is 0 Å². The van der Waals surface area contributed by atoms with E-state index in [1.807, 2.05) is 12.1 Å². The van der Waals surface area contributed by atoms with Crippen LogP contribution in [0, 0.1) is 0 Å². The Morgan fingerprint density at radius 3 is 2.50 bits per heavy atom. The number of morpholine rings is 1. The van der Waals surface area contributed by atoms with Crippen molar-refractivity contribution < 1.29 is 19.6 Å². The van der Waals surface area contributed by atoms with E-state index >= 15 is 0 Å². The Labute approximate surface area is 118 Å². The largest absolute Gasteiger partial charge is 0.488 e. The fourth-order valence-electron chi connectivity index (χ4n) is 2.05. The molecular formula is C13H19BN2O4. The van der Waals surface area contributed by atoms with Crippen molar-refractivity contribution in [3.8, 4) is 0 Å². The minimum atomic E-state index is -1.44. The van der Waals surface area contributed by atoms with Gasteiger partial charge in [0, 0.05) is 19.6 Å². The molecule has 108 valence electrons. The molecule has 1 heterocycles. The summed E-state index contributed by atoms with van der Waals surface area (Å²) in [5, 5.41) is 20.9. The molecule has 20 heavy (non-hydrogen) atoms. The molecule has 0 atom stereocenters. The molecule has 2 amide bonds. The highest BCUT2D eigenvalue weighted by Gasteiger charge is 2.15. The lowest BCUT2D eigenvalue weighted by molar-refractivity contribution is 0.0533. The zero-order valence-electron chi connectivity index (χ0n) is 11.3. The molecule has 1 aromatic carbocycles. The van der Waals surface area contributed by atoms with Crippen LogP contribution in [0.1, 0.15) is 5.56 Å². The Balaban J connectivity index is 1.73. The zero-order valence-corrected chi connectivity index (χ0v) is 11.3. The molecule has 7 heteroatoms. The lowest BCUT2D eigenvalue weighted by atomic mass is 9.80. The molecule has 1 saturated heterocycles. The van der Waals surface area contributed by atoms with Crippen molar-refractivity contribution in [2.75, 3.05) is 32.8 Å². The van der Waals surface area contributed by atoms with E-state index in [0.717, 1.165) is 5.56 Å². The minimum absolute atomic E-state index is 0.0595. The van der Waals surface area contributed by atoms with Gasteiger partial charge in [-0.05, 0) is 17.4 Å². The third-order valence-corrected chi connectivity index (χ3v) is 3.27. The number of carbonyl (C=O) groups excluding carboxylic acids is 1. The highest BCUT2D eigenvalue weighted by atomic mass is 16.5. The number of ether oxygens (including phenoxy) is 1. The summed E-state index contributed by atoms with van der Waals surface area (Å²) in [4.78, 5) is 13.6. The van der Waals surface area contributed by atoms with Crippen LogP contribution < -0.4 is 10.8 Å². The predicted octanol–water partition coefficient (Wildman–Crippen LogP) is -1.05. The highest BCUT2D eigenvalue weighted by Crippen LogP contribution is 2.00. The standard InChI is InChI=1S/C13H19BN2O4/c17-13(16-7-9-20-10-8-16)15-6-5-11-1-3-12(4-2-11)14(18)19/h1-4,18-19H,5-10H2,(H,15,17). The van der Waals surface area contributed by atoms with Crippen molar-refractivity contribution in [2.24, 2.45) is 0 Å². The number of urea groups is 1. The smallest absolute Gasteiger partial charge is 0.423 e. The number of hydrogen-bond donors (Lipinski definition) is 3. The SMILES string of the molecule is O=C(NCCc1ccc(B(O)O)cc1)N1CCOCC1. The molecule has 0 aliphatic carbocycles. The minimum Gasteiger partial charge on any atom is -0.423 e. The summed E-state index contributed by atoms with van der Waals surface area (Å²) >= 11 is 0. The zero-order chi connectivity index (χ0) is 14.4. The van der Waals surface area contributed by atoms with Gasteiger partial charge in [-0.25, -0.2) is 4.79 Å². The fraction of sp³-hybridized carbons (Fsp3) is 0.462. The van der Waals surface area contributed by atoms with E-state index in [4.69, 9.17) is 14.8 Å². The molecule has 2 rings (SSSR count). The van der Waals surface area contributed by atoms with Crippen LogP contribution in [-0.4, -0.2) is 60.9 Å². The van der Waals surface area contributed by atoms with Crippen LogP contribution in [0.3, 0.4) is 0 Å². The van der Waals surface area contributed by atoms with E-state index in [0.29, 0.717) is 44.7 Å². The average Bonchev–Trinajstić information content (AvgIpc) is 2.48. The van der Waals surface area contributed by atoms with Crippen LogP contribution in [0.5, 0.6) is 0 Å². The van der Waals surface area contributed by atoms with Gasteiger partial charge in [-0.2, -0.15) is 0 Å². The molecular weight excluding hydrogens is 259 g/mol. The molecule has 0 spiro atoms. The van der Waals surface area contributed by atoms with E-state index in [1.165, 1.54) is 0 Å². The van der Waals surface area contributed by atoms with Crippen LogP contribution >= 0.6 is 0 Å². The van der Waals surface area contributed by atoms with E-state index in [-0.39, 0.29) is 6.03 Å². The van der Waals surface area contributed by atoms with Gasteiger partial charge in [0.2, 0.25) is 0 Å². The van der Waals surface area contributed by atoms with Crippen LogP contribution in [0.4, 0.5) is 4.79 Å². The molecule has 0 aromatic heterocycles. The number of amides is 2. The summed E-state index contributed by atoms with van der Waals surface area (Å²) in [5.41, 5.74) is 1.50. The van der Waals surface area contributed by atoms with Crippen molar-refractivity contribution in [3.05, 3.63) is 29.8 Å². The first-order valence-electron chi connectivity index (χ1n) is 6.72. The lowest BCUT2D eigenvalue weighted by Crippen LogP contribution is -2.46. The number of nitrogens with zero attached hydrogens (tertiary/aromatic N) is 1. The van der Waals surface area contributed by atoms with Crippen LogP contribution in [-0.2, 0) is 11.2 Å². The van der Waals surface area contributed by atoms with Crippen molar-refractivity contribution in [1.29, 1.82) is 0 Å². The molecule has 0 radical (unpaired) electrons. The molecule has 6 nitrogen and oxygen atoms in total. The summed E-state index contributed by atoms with van der Waals surface area (Å²) < 4.78 is 5.19. The Kier molecular flexibility index (Phi) is 5.40. The highest BCUT2D eigenvalue weighted by molar-refractivity contribution is 6.58. The average molecular weight is 278 g/mol. The van der Waals surface area contributed by atoms with Gasteiger partial charge in [-0.3, -0.25) is 0 Å². The second-order valence-corrected chi connectivity index (χ2v) is 4.70. The molecule has 0 unspecified atom stereocenters. The Morgan fingerprint density at radius 1 is 1.25 bits per heavy atom. The van der Waals surface area contributed by atoms with Gasteiger partial charge in [0.25, 0.3) is 0 Å². The van der Waals surface area contributed by atoms with E-state index in [9.17, 15) is 4.79 Å². The number of hydrogen-bond acceptors (Lipinski definition) is 4. The van der Waals surface area contributed by atoms with Crippen molar-refractivity contribution >= 4 is 18.6 Å². The normalized spacial score (nSPS) is 15.0. The Morgan fingerprint density at radius 2 is 1.90 bits per heavy atom. The van der Waals surface area contributed by atoms with Crippen molar-refractivity contribution in [3.63, 3.8) is 0 Å². The van der Waals surface area contributed by atoms with Crippen LogP contribution in [0.15, 0.2) is 24.3 Å². The number of benzene rings is 1. The summed E-state index contributed by atoms with van der Waals surface area (Å²) in [7, 11) is -1.44. The molecule has 1 aliphatic rings. The first kappa shape index (κ1) is 14.8. The van der Waals surface area contributed by atoms with Gasteiger partial charge in [0.1, 0.15) is 0 Å². The molecule has 1 aromatic rings. The Bertz CT molecular complexity index is 433. The third kappa shape index (κ3) is 4.23. The maximum atomic E-state index is 11.8. The van der Waals surface area contributed by atoms with Crippen molar-refractivity contribution in [2.45, 2.75) is 6.42 Å². The Hall–Kier alpha value is -1.57. The van der Waals surface area contributed by atoms with E-state index in [1.54, 1.807) is 17.0 Å². The molecule has 1 aliphatic heterocycles. The summed E-state index contributed by atoms with van der Waals surface area (Å²) in [5.74, 6) is 0. The summed E-state index contributed by atoms with van der Waals surface area (Å²) in [6, 6.07) is 6.94. The maximum absolute atomic E-state index is 11.8. The lowest BCUT2D eigenvalue weighted by Gasteiger charge is -2.26. The topological polar surface area (TPSA) is 82.0 Å². The van der Waals surface area contributed by atoms with Gasteiger partial charge >= 0.3 is 13.1 Å². The first-order chi connectivity index (χ1) is 9.66. The summed E-state index contributed by atoms with van der Waals surface area (Å²) in [6.45, 7) is 3.01. The first-order valence-corrected chi connectivity index (χ1v) is 6.72. The third-order valence-electron chi connectivity index (χ3n) is 3.27. The molecule has 3 N–H and O–H groups in total. The molecule has 1 fully saturated rings. The second kappa shape index (κ2) is 7.28. The predicted molar refractivity (Wildman–Crippen MR) is 75.8 cm³/mol. The van der Waals surface area contributed by atoms with Crippen LogP contribution in [0.25, 0.3) is 0 Å². The molecule has 0 bridgehead atoms. The number of rotatable bonds is 4. The fourth-order valence-corrected chi connectivity index (χ4v) is 2.05. The van der Waals surface area contributed by atoms with E-state index in [2.05, 4.69) is 5.32 Å². The quantitative estimate of drug-likeness (QED) is 0.614. The van der Waals surface area contributed by atoms with Crippen molar-refractivity contribution in [1.82, 2.24) is 10.2 Å². The van der Waals surface area contributed by atoms with Crippen LogP contribution in [0.2, 0.25) is 0 Å². The number of nitrogens with one attached hydrogen (secondary N) is 1. The molecule has 0 saturated carbocycles. The summed E-state index contributed by atoms with van der Waals surface area (Å²) in [6.07, 6.45) is 0.706. The number of carbonyl (C=O) groups is 1.